The lowest BCUT2D eigenvalue weighted by molar-refractivity contribution is 0.214. The van der Waals surface area contributed by atoms with Gasteiger partial charge in [0, 0.05) is 0 Å². The summed E-state index contributed by atoms with van der Waals surface area (Å²) in [5.41, 5.74) is 9.65. The van der Waals surface area contributed by atoms with Crippen molar-refractivity contribution in [1.82, 2.24) is 0 Å². The summed E-state index contributed by atoms with van der Waals surface area (Å²) in [7, 11) is 0. The largest absolute Gasteiger partial charge is 0.0999 e. The van der Waals surface area contributed by atoms with Crippen LogP contribution in [-0.2, 0) is 12.8 Å². The van der Waals surface area contributed by atoms with Gasteiger partial charge in [-0.3, -0.25) is 0 Å². The molecule has 272 valence electrons. The van der Waals surface area contributed by atoms with E-state index >= 15 is 0 Å². The molecule has 0 saturated carbocycles. The van der Waals surface area contributed by atoms with Crippen LogP contribution in [-0.4, -0.2) is 0 Å². The maximum atomic E-state index is 4.16. The highest BCUT2D eigenvalue weighted by Crippen LogP contribution is 2.33. The first-order valence-corrected chi connectivity index (χ1v) is 19.9. The minimum absolute atomic E-state index is 0.540. The monoisotopic (exact) mass is 657 g/mol. The first-order valence-electron chi connectivity index (χ1n) is 19.9. The van der Waals surface area contributed by atoms with Gasteiger partial charge < -0.3 is 0 Å². The van der Waals surface area contributed by atoms with Crippen LogP contribution in [0.5, 0.6) is 0 Å². The van der Waals surface area contributed by atoms with E-state index in [1.54, 1.807) is 0 Å². The fourth-order valence-corrected chi connectivity index (χ4v) is 6.46. The van der Waals surface area contributed by atoms with E-state index in [1.165, 1.54) is 110 Å². The minimum Gasteiger partial charge on any atom is -0.0999 e. The Morgan fingerprint density at radius 2 is 1.29 bits per heavy atom. The molecule has 0 bridgehead atoms. The van der Waals surface area contributed by atoms with E-state index in [0.29, 0.717) is 5.41 Å². The maximum Gasteiger partial charge on any atom is -0.0195 e. The summed E-state index contributed by atoms with van der Waals surface area (Å²) >= 11 is 0. The van der Waals surface area contributed by atoms with Gasteiger partial charge in [-0.2, -0.15) is 0 Å². The van der Waals surface area contributed by atoms with Gasteiger partial charge in [0.25, 0.3) is 0 Å². The Morgan fingerprint density at radius 3 is 1.79 bits per heavy atom. The van der Waals surface area contributed by atoms with Crippen LogP contribution in [0.15, 0.2) is 73.8 Å². The van der Waals surface area contributed by atoms with Crippen molar-refractivity contribution in [2.75, 3.05) is 0 Å². The third-order valence-corrected chi connectivity index (χ3v) is 10.4. The second kappa shape index (κ2) is 26.5. The van der Waals surface area contributed by atoms with Gasteiger partial charge in [0.15, 0.2) is 0 Å². The lowest BCUT2D eigenvalue weighted by Gasteiger charge is -2.30. The number of aryl methyl sites for hydroxylation is 2. The van der Waals surface area contributed by atoms with Crippen LogP contribution in [0.2, 0.25) is 0 Å². The quantitative estimate of drug-likeness (QED) is 0.0926. The number of hydrogen-bond acceptors (Lipinski definition) is 0. The molecule has 2 aromatic rings. The van der Waals surface area contributed by atoms with Crippen LogP contribution in [0.4, 0.5) is 0 Å². The zero-order valence-electron chi connectivity index (χ0n) is 34.1. The summed E-state index contributed by atoms with van der Waals surface area (Å²) in [5, 5.41) is 0. The van der Waals surface area contributed by atoms with Crippen molar-refractivity contribution in [1.29, 1.82) is 0 Å². The van der Waals surface area contributed by atoms with Crippen LogP contribution in [0, 0.1) is 23.2 Å². The summed E-state index contributed by atoms with van der Waals surface area (Å²) < 4.78 is 0. The van der Waals surface area contributed by atoms with Gasteiger partial charge in [-0.15, -0.1) is 0 Å². The molecule has 0 aromatic heterocycles. The van der Waals surface area contributed by atoms with E-state index in [1.807, 2.05) is 0 Å². The molecule has 0 nitrogen and oxygen atoms in total. The highest BCUT2D eigenvalue weighted by Gasteiger charge is 2.22. The SMILES string of the molecule is C=C(C)C(CCC)CCC.C=C(CC)c1ccc(CCCCc2ccccc2)c(C(=C)C)c1.CCCCCC(C)C(C)CC(C)(C)CC. The molecule has 0 saturated heterocycles. The molecule has 48 heavy (non-hydrogen) atoms. The number of allylic oxidation sites excluding steroid dienone is 3. The molecule has 0 heterocycles. The first kappa shape index (κ1) is 45.7. The van der Waals surface area contributed by atoms with Crippen molar-refractivity contribution in [3.05, 3.63) is 96.1 Å². The van der Waals surface area contributed by atoms with E-state index in [9.17, 15) is 0 Å². The Labute approximate surface area is 302 Å². The second-order valence-electron chi connectivity index (χ2n) is 15.6. The molecule has 2 unspecified atom stereocenters. The molecule has 0 fully saturated rings. The molecule has 0 radical (unpaired) electrons. The molecule has 0 spiro atoms. The highest BCUT2D eigenvalue weighted by atomic mass is 14.3. The van der Waals surface area contributed by atoms with Crippen molar-refractivity contribution < 1.29 is 0 Å². The van der Waals surface area contributed by atoms with Crippen molar-refractivity contribution in [3.63, 3.8) is 0 Å². The number of unbranched alkanes of at least 4 members (excludes halogenated alkanes) is 3. The normalized spacial score (nSPS) is 12.3. The third kappa shape index (κ3) is 20.2. The zero-order chi connectivity index (χ0) is 36.5. The third-order valence-electron chi connectivity index (χ3n) is 10.4. The summed E-state index contributed by atoms with van der Waals surface area (Å²) in [6.07, 6.45) is 19.2. The first-order chi connectivity index (χ1) is 22.8. The Balaban J connectivity index is 0.000000762. The predicted molar refractivity (Wildman–Crippen MR) is 223 cm³/mol. The fraction of sp³-hybridized carbons (Fsp3) is 0.625. The summed E-state index contributed by atoms with van der Waals surface area (Å²) in [5.74, 6) is 2.58. The minimum atomic E-state index is 0.540. The van der Waals surface area contributed by atoms with E-state index in [-0.39, 0.29) is 0 Å². The summed E-state index contributed by atoms with van der Waals surface area (Å²) in [6, 6.07) is 17.5. The van der Waals surface area contributed by atoms with Gasteiger partial charge in [0.1, 0.15) is 0 Å². The number of rotatable bonds is 21. The van der Waals surface area contributed by atoms with Gasteiger partial charge >= 0.3 is 0 Å². The molecule has 0 amide bonds. The van der Waals surface area contributed by atoms with Crippen LogP contribution >= 0.6 is 0 Å². The average molecular weight is 657 g/mol. The zero-order valence-corrected chi connectivity index (χ0v) is 34.1. The summed E-state index contributed by atoms with van der Waals surface area (Å²) in [4.78, 5) is 0. The molecule has 0 heteroatoms. The molecule has 2 aromatic carbocycles. The topological polar surface area (TPSA) is 0 Å². The lowest BCUT2D eigenvalue weighted by atomic mass is 9.76. The molecule has 2 atom stereocenters. The Kier molecular flexibility index (Phi) is 25.2. The Morgan fingerprint density at radius 1 is 0.688 bits per heavy atom. The van der Waals surface area contributed by atoms with Crippen LogP contribution in [0.3, 0.4) is 0 Å². The van der Waals surface area contributed by atoms with Crippen molar-refractivity contribution in [3.8, 4) is 0 Å². The molecule has 0 aliphatic carbocycles. The molecule has 0 aliphatic rings. The Bertz CT molecular complexity index is 1120. The van der Waals surface area contributed by atoms with Crippen molar-refractivity contribution in [2.45, 2.75) is 172 Å². The van der Waals surface area contributed by atoms with E-state index in [2.05, 4.69) is 144 Å². The van der Waals surface area contributed by atoms with Crippen LogP contribution in [0.1, 0.15) is 182 Å². The highest BCUT2D eigenvalue weighted by molar-refractivity contribution is 5.71. The second-order valence-corrected chi connectivity index (χ2v) is 15.6. The fourth-order valence-electron chi connectivity index (χ4n) is 6.46. The number of hydrogen-bond donors (Lipinski definition) is 0. The van der Waals surface area contributed by atoms with E-state index < -0.39 is 0 Å². The van der Waals surface area contributed by atoms with Gasteiger partial charge in [-0.25, -0.2) is 0 Å². The lowest BCUT2D eigenvalue weighted by Crippen LogP contribution is -2.19. The molecular weight excluding hydrogens is 577 g/mol. The van der Waals surface area contributed by atoms with Gasteiger partial charge in [0.2, 0.25) is 0 Å². The van der Waals surface area contributed by atoms with E-state index in [0.717, 1.165) is 42.6 Å². The van der Waals surface area contributed by atoms with E-state index in [4.69, 9.17) is 0 Å². The number of benzene rings is 2. The maximum absolute atomic E-state index is 4.16. The predicted octanol–water partition coefficient (Wildman–Crippen LogP) is 16.2. The summed E-state index contributed by atoms with van der Waals surface area (Å²) in [6.45, 7) is 37.5. The average Bonchev–Trinajstić information content (AvgIpc) is 3.07. The Hall–Kier alpha value is -2.34. The molecule has 0 aliphatic heterocycles. The molecular formula is C48H80. The standard InChI is InChI=1S/C23H28.C15H32.C10H20/c1-5-19(4)22-16-15-21(23(17-22)18(2)3)14-10-9-13-20-11-7-6-8-12-20;1-7-9-10-11-13(3)14(4)12-15(5,6)8-2;1-5-7-10(8-6-2)9(3)4/h6-8,11-12,15-17H,2,4-5,9-10,13-14H2,1,3H3;13-14H,7-12H2,1-6H3;10H,3,5-8H2,1-2,4H3. The molecule has 2 rings (SSSR count). The van der Waals surface area contributed by atoms with Crippen molar-refractivity contribution >= 4 is 11.1 Å². The van der Waals surface area contributed by atoms with Gasteiger partial charge in [-0.05, 0) is 122 Å². The smallest absolute Gasteiger partial charge is 0.0195 e. The van der Waals surface area contributed by atoms with Crippen molar-refractivity contribution in [2.24, 2.45) is 23.2 Å². The molecule has 0 N–H and O–H groups in total. The van der Waals surface area contributed by atoms with Gasteiger partial charge in [0.05, 0.1) is 0 Å². The van der Waals surface area contributed by atoms with Crippen LogP contribution < -0.4 is 0 Å². The van der Waals surface area contributed by atoms with Crippen LogP contribution in [0.25, 0.3) is 11.1 Å². The van der Waals surface area contributed by atoms with Gasteiger partial charge in [-0.1, -0.05) is 181 Å².